The van der Waals surface area contributed by atoms with E-state index < -0.39 is 23.6 Å². The zero-order valence-electron chi connectivity index (χ0n) is 14.5. The van der Waals surface area contributed by atoms with Crippen LogP contribution in [0.3, 0.4) is 0 Å². The summed E-state index contributed by atoms with van der Waals surface area (Å²) in [4.78, 5) is 24.0. The number of esters is 2. The lowest BCUT2D eigenvalue weighted by Crippen LogP contribution is -2.41. The van der Waals surface area contributed by atoms with E-state index in [-0.39, 0.29) is 5.57 Å². The van der Waals surface area contributed by atoms with Crippen LogP contribution in [-0.2, 0) is 29.4 Å². The zero-order valence-corrected chi connectivity index (χ0v) is 14.5. The third-order valence-electron chi connectivity index (χ3n) is 4.14. The van der Waals surface area contributed by atoms with Gasteiger partial charge in [-0.15, -0.1) is 0 Å². The Morgan fingerprint density at radius 1 is 1.21 bits per heavy atom. The molecule has 1 aromatic rings. The molecule has 0 radical (unpaired) electrons. The summed E-state index contributed by atoms with van der Waals surface area (Å²) in [5.41, 5.74) is 1.57. The highest BCUT2D eigenvalue weighted by molar-refractivity contribution is 5.89. The van der Waals surface area contributed by atoms with E-state index in [1.807, 2.05) is 31.2 Å². The number of carbonyl (C=O) groups excluding carboxylic acids is 2. The molecule has 1 unspecified atom stereocenters. The van der Waals surface area contributed by atoms with Gasteiger partial charge in [0, 0.05) is 18.4 Å². The molecule has 24 heavy (non-hydrogen) atoms. The number of rotatable bonds is 5. The molecule has 5 nitrogen and oxygen atoms in total. The Morgan fingerprint density at radius 2 is 1.79 bits per heavy atom. The number of hydrogen-bond acceptors (Lipinski definition) is 5. The lowest BCUT2D eigenvalue weighted by Gasteiger charge is -2.37. The third kappa shape index (κ3) is 4.23. The smallest absolute Gasteiger partial charge is 0.348 e. The molecule has 0 bridgehead atoms. The van der Waals surface area contributed by atoms with Crippen molar-refractivity contribution >= 4 is 11.9 Å². The number of aryl methyl sites for hydroxylation is 1. The number of benzene rings is 1. The largest absolute Gasteiger partial charge is 0.451 e. The lowest BCUT2D eigenvalue weighted by molar-refractivity contribution is -0.185. The molecular weight excluding hydrogens is 308 g/mol. The normalized spacial score (nSPS) is 17.6. The Balaban J connectivity index is 2.16. The van der Waals surface area contributed by atoms with Gasteiger partial charge in [-0.1, -0.05) is 36.4 Å². The van der Waals surface area contributed by atoms with Crippen molar-refractivity contribution < 1.29 is 23.8 Å². The molecule has 5 heteroatoms. The molecule has 1 heterocycles. The maximum atomic E-state index is 12.4. The molecule has 1 aromatic carbocycles. The van der Waals surface area contributed by atoms with E-state index >= 15 is 0 Å². The summed E-state index contributed by atoms with van der Waals surface area (Å²) in [7, 11) is 0. The van der Waals surface area contributed by atoms with Crippen LogP contribution in [0.2, 0.25) is 0 Å². The molecular formula is C19H24O5. The van der Waals surface area contributed by atoms with Gasteiger partial charge in [0.05, 0.1) is 13.2 Å². The van der Waals surface area contributed by atoms with Gasteiger partial charge in [-0.25, -0.2) is 9.59 Å². The average molecular weight is 332 g/mol. The van der Waals surface area contributed by atoms with Gasteiger partial charge in [0.25, 0.3) is 0 Å². The maximum Gasteiger partial charge on any atom is 0.348 e. The average Bonchev–Trinajstić information content (AvgIpc) is 2.56. The highest BCUT2D eigenvalue weighted by Crippen LogP contribution is 2.36. The summed E-state index contributed by atoms with van der Waals surface area (Å²) in [5, 5.41) is 0. The van der Waals surface area contributed by atoms with Crippen LogP contribution >= 0.6 is 0 Å². The number of ether oxygens (including phenoxy) is 3. The number of carbonyl (C=O) groups is 2. The minimum Gasteiger partial charge on any atom is -0.451 e. The van der Waals surface area contributed by atoms with Crippen molar-refractivity contribution in [1.29, 1.82) is 0 Å². The topological polar surface area (TPSA) is 61.8 Å². The molecule has 0 N–H and O–H groups in total. The Kier molecular flexibility index (Phi) is 5.78. The van der Waals surface area contributed by atoms with Crippen molar-refractivity contribution in [2.75, 3.05) is 13.2 Å². The van der Waals surface area contributed by atoms with Gasteiger partial charge in [0.2, 0.25) is 0 Å². The Hall–Kier alpha value is -2.14. The van der Waals surface area contributed by atoms with Gasteiger partial charge >= 0.3 is 11.9 Å². The molecule has 0 aromatic heterocycles. The Labute approximate surface area is 142 Å². The maximum absolute atomic E-state index is 12.4. The molecule has 0 amide bonds. The first-order valence-electron chi connectivity index (χ1n) is 8.08. The van der Waals surface area contributed by atoms with E-state index in [9.17, 15) is 9.59 Å². The van der Waals surface area contributed by atoms with E-state index in [0.717, 1.165) is 11.1 Å². The Morgan fingerprint density at radius 3 is 2.33 bits per heavy atom. The quantitative estimate of drug-likeness (QED) is 0.612. The van der Waals surface area contributed by atoms with E-state index in [1.54, 1.807) is 0 Å². The molecule has 1 fully saturated rings. The van der Waals surface area contributed by atoms with Crippen molar-refractivity contribution in [2.45, 2.75) is 45.3 Å². The van der Waals surface area contributed by atoms with Gasteiger partial charge in [0.15, 0.2) is 6.10 Å². The van der Waals surface area contributed by atoms with Crippen LogP contribution < -0.4 is 0 Å². The predicted octanol–water partition coefficient (Wildman–Crippen LogP) is 3.05. The zero-order chi connectivity index (χ0) is 17.7. The van der Waals surface area contributed by atoms with Crippen LogP contribution in [0, 0.1) is 6.92 Å². The highest BCUT2D eigenvalue weighted by atomic mass is 16.6. The molecule has 1 aliphatic heterocycles. The van der Waals surface area contributed by atoms with Crippen LogP contribution in [0.1, 0.15) is 37.8 Å². The first-order valence-corrected chi connectivity index (χ1v) is 8.08. The van der Waals surface area contributed by atoms with Crippen molar-refractivity contribution in [3.63, 3.8) is 0 Å². The summed E-state index contributed by atoms with van der Waals surface area (Å²) in [6, 6.07) is 7.92. The molecule has 1 atom stereocenters. The lowest BCUT2D eigenvalue weighted by atomic mass is 9.85. The second-order valence-electron chi connectivity index (χ2n) is 6.22. The first-order chi connectivity index (χ1) is 11.3. The standard InChI is InChI=1S/C19H24O5/c1-13(2)17(20)23-15(4)18(21)24-19(9-11-22-12-10-19)16-7-5-14(3)6-8-16/h5-8,15H,1,9-12H2,2-4H3. The number of hydrogen-bond donors (Lipinski definition) is 0. The van der Waals surface area contributed by atoms with Crippen molar-refractivity contribution in [3.05, 3.63) is 47.5 Å². The predicted molar refractivity (Wildman–Crippen MR) is 89.4 cm³/mol. The molecule has 2 rings (SSSR count). The van der Waals surface area contributed by atoms with Crippen molar-refractivity contribution in [3.8, 4) is 0 Å². The summed E-state index contributed by atoms with van der Waals surface area (Å²) < 4.78 is 16.3. The van der Waals surface area contributed by atoms with Crippen LogP contribution in [0.25, 0.3) is 0 Å². The first kappa shape index (κ1) is 18.2. The molecule has 0 aliphatic carbocycles. The van der Waals surface area contributed by atoms with Gasteiger partial charge in [-0.3, -0.25) is 0 Å². The van der Waals surface area contributed by atoms with Gasteiger partial charge in [-0.2, -0.15) is 0 Å². The summed E-state index contributed by atoms with van der Waals surface area (Å²) in [5.74, 6) is -1.16. The highest BCUT2D eigenvalue weighted by Gasteiger charge is 2.40. The second kappa shape index (κ2) is 7.62. The van der Waals surface area contributed by atoms with E-state index in [0.29, 0.717) is 26.1 Å². The summed E-state index contributed by atoms with van der Waals surface area (Å²) in [6.45, 7) is 9.58. The van der Waals surface area contributed by atoms with Gasteiger partial charge in [-0.05, 0) is 26.3 Å². The SMILES string of the molecule is C=C(C)C(=O)OC(C)C(=O)OC1(c2ccc(C)cc2)CCOCC1. The van der Waals surface area contributed by atoms with E-state index in [4.69, 9.17) is 14.2 Å². The van der Waals surface area contributed by atoms with E-state index in [1.165, 1.54) is 13.8 Å². The monoisotopic (exact) mass is 332 g/mol. The van der Waals surface area contributed by atoms with Crippen LogP contribution in [0.4, 0.5) is 0 Å². The van der Waals surface area contributed by atoms with Gasteiger partial charge in [0.1, 0.15) is 5.60 Å². The van der Waals surface area contributed by atoms with Crippen molar-refractivity contribution in [1.82, 2.24) is 0 Å². The van der Waals surface area contributed by atoms with Crippen molar-refractivity contribution in [2.24, 2.45) is 0 Å². The summed E-state index contributed by atoms with van der Waals surface area (Å²) in [6.07, 6.45) is 0.158. The molecule has 1 aliphatic rings. The fraction of sp³-hybridized carbons (Fsp3) is 0.474. The van der Waals surface area contributed by atoms with E-state index in [2.05, 4.69) is 6.58 Å². The minimum absolute atomic E-state index is 0.244. The fourth-order valence-corrected chi connectivity index (χ4v) is 2.59. The molecule has 1 saturated heterocycles. The van der Waals surface area contributed by atoms with Crippen LogP contribution in [-0.4, -0.2) is 31.3 Å². The van der Waals surface area contributed by atoms with Gasteiger partial charge < -0.3 is 14.2 Å². The summed E-state index contributed by atoms with van der Waals surface area (Å²) >= 11 is 0. The molecule has 0 spiro atoms. The second-order valence-corrected chi connectivity index (χ2v) is 6.22. The van der Waals surface area contributed by atoms with Crippen LogP contribution in [0.5, 0.6) is 0 Å². The van der Waals surface area contributed by atoms with Crippen LogP contribution in [0.15, 0.2) is 36.4 Å². The third-order valence-corrected chi connectivity index (χ3v) is 4.14. The molecule has 0 saturated carbocycles. The minimum atomic E-state index is -0.987. The molecule has 130 valence electrons. The fourth-order valence-electron chi connectivity index (χ4n) is 2.59. The Bertz CT molecular complexity index is 611.